The zero-order chi connectivity index (χ0) is 21.0. The normalized spacial score (nSPS) is 11.4. The summed E-state index contributed by atoms with van der Waals surface area (Å²) in [6.07, 6.45) is 5.52. The summed E-state index contributed by atoms with van der Waals surface area (Å²) >= 11 is 0. The standard InChI is InChI=1S/C21H24FN5O2/c1-21(2,28)7-6-14-10-15-16(19-17(22)11-25-20(23-3)26-19)13-27(8-5-9-29-4)18(15)12-24-14/h10-13,28H,5,8-9H2,1-4H3,(H,23,25,26). The van der Waals surface area contributed by atoms with E-state index in [1.807, 2.05) is 10.8 Å². The lowest BCUT2D eigenvalue weighted by atomic mass is 10.1. The monoisotopic (exact) mass is 397 g/mol. The SMILES string of the molecule is CNc1ncc(F)c(-c2cn(CCCOC)c3cnc(C#CC(C)(C)O)cc23)n1. The number of rotatable bonds is 6. The molecule has 0 aliphatic heterocycles. The largest absolute Gasteiger partial charge is 0.385 e. The van der Waals surface area contributed by atoms with Crippen LogP contribution in [0.2, 0.25) is 0 Å². The van der Waals surface area contributed by atoms with E-state index in [1.165, 1.54) is 0 Å². The minimum absolute atomic E-state index is 0.201. The Kier molecular flexibility index (Phi) is 6.11. The maximum atomic E-state index is 14.6. The Balaban J connectivity index is 2.17. The fourth-order valence-electron chi connectivity index (χ4n) is 2.90. The van der Waals surface area contributed by atoms with Crippen LogP contribution in [0.25, 0.3) is 22.2 Å². The van der Waals surface area contributed by atoms with E-state index >= 15 is 0 Å². The maximum Gasteiger partial charge on any atom is 0.223 e. The van der Waals surface area contributed by atoms with E-state index in [-0.39, 0.29) is 5.69 Å². The van der Waals surface area contributed by atoms with Crippen LogP contribution in [0, 0.1) is 17.7 Å². The molecule has 3 rings (SSSR count). The molecule has 0 fully saturated rings. The Morgan fingerprint density at radius 1 is 1.31 bits per heavy atom. The molecule has 7 nitrogen and oxygen atoms in total. The topological polar surface area (TPSA) is 85.1 Å². The molecule has 8 heteroatoms. The maximum absolute atomic E-state index is 14.6. The molecule has 0 amide bonds. The van der Waals surface area contributed by atoms with Crippen LogP contribution >= 0.6 is 0 Å². The second-order valence-corrected chi connectivity index (χ2v) is 7.12. The van der Waals surface area contributed by atoms with E-state index in [9.17, 15) is 9.50 Å². The van der Waals surface area contributed by atoms with Crippen molar-refractivity contribution in [3.8, 4) is 23.1 Å². The highest BCUT2D eigenvalue weighted by molar-refractivity contribution is 5.95. The molecule has 0 saturated heterocycles. The molecule has 0 bridgehead atoms. The number of hydrogen-bond donors (Lipinski definition) is 2. The van der Waals surface area contributed by atoms with Crippen molar-refractivity contribution in [2.75, 3.05) is 26.1 Å². The number of nitrogens with zero attached hydrogens (tertiary/aromatic N) is 4. The fourth-order valence-corrected chi connectivity index (χ4v) is 2.90. The van der Waals surface area contributed by atoms with Crippen LogP contribution in [0.15, 0.2) is 24.7 Å². The number of pyridine rings is 1. The van der Waals surface area contributed by atoms with Gasteiger partial charge in [0.05, 0.1) is 17.9 Å². The molecule has 0 radical (unpaired) electrons. The van der Waals surface area contributed by atoms with Gasteiger partial charge in [0.25, 0.3) is 0 Å². The second kappa shape index (κ2) is 8.55. The van der Waals surface area contributed by atoms with Gasteiger partial charge in [-0.25, -0.2) is 19.3 Å². The molecule has 3 aromatic rings. The van der Waals surface area contributed by atoms with Crippen molar-refractivity contribution in [2.45, 2.75) is 32.4 Å². The molecule has 152 valence electrons. The highest BCUT2D eigenvalue weighted by Gasteiger charge is 2.17. The molecule has 0 aliphatic rings. The number of aromatic nitrogens is 4. The van der Waals surface area contributed by atoms with Gasteiger partial charge in [0.2, 0.25) is 5.95 Å². The summed E-state index contributed by atoms with van der Waals surface area (Å²) in [4.78, 5) is 12.6. The van der Waals surface area contributed by atoms with Gasteiger partial charge in [-0.15, -0.1) is 0 Å². The molecular formula is C21H24FN5O2. The molecule has 0 aromatic carbocycles. The molecular weight excluding hydrogens is 373 g/mol. The van der Waals surface area contributed by atoms with Crippen molar-refractivity contribution >= 4 is 16.9 Å². The van der Waals surface area contributed by atoms with E-state index in [0.717, 1.165) is 23.5 Å². The Morgan fingerprint density at radius 3 is 2.79 bits per heavy atom. The van der Waals surface area contributed by atoms with Crippen LogP contribution in [-0.2, 0) is 11.3 Å². The van der Waals surface area contributed by atoms with Crippen LogP contribution in [0.1, 0.15) is 26.0 Å². The average Bonchev–Trinajstić information content (AvgIpc) is 3.04. The third-order valence-electron chi connectivity index (χ3n) is 4.23. The van der Waals surface area contributed by atoms with E-state index in [0.29, 0.717) is 30.4 Å². The third kappa shape index (κ3) is 4.88. The summed E-state index contributed by atoms with van der Waals surface area (Å²) in [6, 6.07) is 1.79. The van der Waals surface area contributed by atoms with E-state index in [4.69, 9.17) is 4.74 Å². The molecule has 0 atom stereocenters. The molecule has 0 saturated carbocycles. The van der Waals surface area contributed by atoms with E-state index in [1.54, 1.807) is 40.3 Å². The lowest BCUT2D eigenvalue weighted by Gasteiger charge is -2.06. The van der Waals surface area contributed by atoms with Crippen LogP contribution in [0.3, 0.4) is 0 Å². The average molecular weight is 397 g/mol. The van der Waals surface area contributed by atoms with Crippen LogP contribution in [-0.4, -0.2) is 51.0 Å². The van der Waals surface area contributed by atoms with Crippen molar-refractivity contribution in [2.24, 2.45) is 0 Å². The summed E-state index contributed by atoms with van der Waals surface area (Å²) in [5.41, 5.74) is 1.02. The minimum Gasteiger partial charge on any atom is -0.385 e. The first-order valence-electron chi connectivity index (χ1n) is 9.26. The summed E-state index contributed by atoms with van der Waals surface area (Å²) in [5, 5.41) is 13.5. The van der Waals surface area contributed by atoms with Gasteiger partial charge in [0.15, 0.2) is 5.82 Å². The van der Waals surface area contributed by atoms with Gasteiger partial charge in [-0.05, 0) is 32.3 Å². The van der Waals surface area contributed by atoms with Gasteiger partial charge in [-0.1, -0.05) is 5.92 Å². The van der Waals surface area contributed by atoms with Crippen molar-refractivity contribution in [3.05, 3.63) is 36.2 Å². The number of ether oxygens (including phenoxy) is 1. The van der Waals surface area contributed by atoms with Crippen molar-refractivity contribution in [1.82, 2.24) is 19.5 Å². The van der Waals surface area contributed by atoms with Crippen molar-refractivity contribution in [3.63, 3.8) is 0 Å². The number of fused-ring (bicyclic) bond motifs is 1. The Labute approximate surface area is 169 Å². The number of anilines is 1. The molecule has 0 spiro atoms. The Hall–Kier alpha value is -3.02. The van der Waals surface area contributed by atoms with E-state index in [2.05, 4.69) is 32.1 Å². The number of aryl methyl sites for hydroxylation is 1. The van der Waals surface area contributed by atoms with Gasteiger partial charge in [-0.3, -0.25) is 0 Å². The van der Waals surface area contributed by atoms with Crippen LogP contribution < -0.4 is 5.32 Å². The van der Waals surface area contributed by atoms with Gasteiger partial charge in [0, 0.05) is 44.5 Å². The van der Waals surface area contributed by atoms with Gasteiger partial charge in [0.1, 0.15) is 17.0 Å². The fraction of sp³-hybridized carbons (Fsp3) is 0.381. The molecule has 29 heavy (non-hydrogen) atoms. The number of nitrogens with one attached hydrogen (secondary N) is 1. The van der Waals surface area contributed by atoms with E-state index < -0.39 is 11.4 Å². The molecule has 0 aliphatic carbocycles. The first kappa shape index (κ1) is 20.7. The molecule has 3 aromatic heterocycles. The van der Waals surface area contributed by atoms with Gasteiger partial charge < -0.3 is 19.7 Å². The van der Waals surface area contributed by atoms with Crippen LogP contribution in [0.5, 0.6) is 0 Å². The highest BCUT2D eigenvalue weighted by atomic mass is 19.1. The molecule has 0 unspecified atom stereocenters. The first-order chi connectivity index (χ1) is 13.8. The number of aliphatic hydroxyl groups is 1. The quantitative estimate of drug-likeness (QED) is 0.492. The molecule has 3 heterocycles. The number of halogens is 1. The smallest absolute Gasteiger partial charge is 0.223 e. The second-order valence-electron chi connectivity index (χ2n) is 7.12. The van der Waals surface area contributed by atoms with Crippen LogP contribution in [0.4, 0.5) is 10.3 Å². The van der Waals surface area contributed by atoms with Crippen molar-refractivity contribution < 1.29 is 14.2 Å². The number of methoxy groups -OCH3 is 1. The third-order valence-corrected chi connectivity index (χ3v) is 4.23. The summed E-state index contributed by atoms with van der Waals surface area (Å²) in [6.45, 7) is 4.51. The Bertz CT molecular complexity index is 1080. The predicted octanol–water partition coefficient (Wildman–Crippen LogP) is 2.83. The number of hydrogen-bond acceptors (Lipinski definition) is 6. The van der Waals surface area contributed by atoms with Gasteiger partial charge in [-0.2, -0.15) is 0 Å². The summed E-state index contributed by atoms with van der Waals surface area (Å²) in [5.74, 6) is 5.44. The molecule has 2 N–H and O–H groups in total. The predicted molar refractivity (Wildman–Crippen MR) is 110 cm³/mol. The Morgan fingerprint density at radius 2 is 2.10 bits per heavy atom. The lowest BCUT2D eigenvalue weighted by Crippen LogP contribution is -2.14. The minimum atomic E-state index is -1.13. The zero-order valence-electron chi connectivity index (χ0n) is 17.0. The van der Waals surface area contributed by atoms with Gasteiger partial charge >= 0.3 is 0 Å². The lowest BCUT2D eigenvalue weighted by molar-refractivity contribution is 0.143. The highest BCUT2D eigenvalue weighted by Crippen LogP contribution is 2.31. The first-order valence-corrected chi connectivity index (χ1v) is 9.26. The van der Waals surface area contributed by atoms with Crippen molar-refractivity contribution in [1.29, 1.82) is 0 Å². The summed E-state index contributed by atoms with van der Waals surface area (Å²) < 4.78 is 21.7. The summed E-state index contributed by atoms with van der Waals surface area (Å²) in [7, 11) is 3.34. The zero-order valence-corrected chi connectivity index (χ0v) is 17.0.